The monoisotopic (exact) mass is 489 g/mol. The Balaban J connectivity index is 1.79. The van der Waals surface area contributed by atoms with Gasteiger partial charge < -0.3 is 4.74 Å². The van der Waals surface area contributed by atoms with Gasteiger partial charge >= 0.3 is 24.0 Å². The van der Waals surface area contributed by atoms with Gasteiger partial charge in [-0.25, -0.2) is 4.79 Å². The number of hydrogen-bond donors (Lipinski definition) is 0. The first-order chi connectivity index (χ1) is 15.4. The van der Waals surface area contributed by atoms with Crippen molar-refractivity contribution in [2.24, 2.45) is 0 Å². The summed E-state index contributed by atoms with van der Waals surface area (Å²) in [5, 5.41) is 0. The van der Waals surface area contributed by atoms with E-state index >= 15 is 0 Å². The van der Waals surface area contributed by atoms with Crippen LogP contribution in [0.15, 0.2) is 99.6 Å². The summed E-state index contributed by atoms with van der Waals surface area (Å²) in [4.78, 5) is 14.7. The van der Waals surface area contributed by atoms with Crippen molar-refractivity contribution >= 4 is 16.9 Å². The predicted molar refractivity (Wildman–Crippen MR) is 108 cm³/mol. The third-order valence-electron chi connectivity index (χ3n) is 4.48. The molecule has 0 aliphatic carbocycles. The molecule has 2 nitrogen and oxygen atoms in total. The van der Waals surface area contributed by atoms with Crippen LogP contribution in [-0.4, -0.2) is 30.6 Å². The number of hydrogen-bond acceptors (Lipinski definition) is 2. The van der Waals surface area contributed by atoms with Crippen LogP contribution in [0.25, 0.3) is 0 Å². The van der Waals surface area contributed by atoms with Gasteiger partial charge in [-0.05, 0) is 48.5 Å². The van der Waals surface area contributed by atoms with Gasteiger partial charge in [-0.3, -0.25) is 0 Å². The van der Waals surface area contributed by atoms with E-state index in [1.165, 1.54) is 12.1 Å². The van der Waals surface area contributed by atoms with Gasteiger partial charge in [-0.15, -0.1) is 0 Å². The van der Waals surface area contributed by atoms with E-state index in [9.17, 15) is 35.5 Å². The Morgan fingerprint density at radius 1 is 0.667 bits per heavy atom. The van der Waals surface area contributed by atoms with Gasteiger partial charge in [0.15, 0.2) is 21.3 Å². The van der Waals surface area contributed by atoms with E-state index in [4.69, 9.17) is 0 Å². The van der Waals surface area contributed by atoms with E-state index in [1.807, 2.05) is 60.7 Å². The molecule has 0 amide bonds. The van der Waals surface area contributed by atoms with Crippen molar-refractivity contribution in [2.75, 3.05) is 6.61 Å². The zero-order valence-corrected chi connectivity index (χ0v) is 17.5. The number of halogens is 7. The Morgan fingerprint density at radius 2 is 1.09 bits per heavy atom. The molecule has 0 aliphatic heterocycles. The first-order valence-electron chi connectivity index (χ1n) is 9.38. The molecule has 0 saturated carbocycles. The number of ether oxygens (including phenoxy) is 1. The van der Waals surface area contributed by atoms with E-state index in [0.29, 0.717) is 0 Å². The highest BCUT2D eigenvalue weighted by Crippen LogP contribution is 2.46. The van der Waals surface area contributed by atoms with Gasteiger partial charge in [0.2, 0.25) is 0 Å². The van der Waals surface area contributed by atoms with Crippen molar-refractivity contribution < 1.29 is 40.3 Å². The molecular weight excluding hydrogens is 473 g/mol. The summed E-state index contributed by atoms with van der Waals surface area (Å²) < 4.78 is 93.4. The lowest BCUT2D eigenvalue weighted by atomic mass is 10.1. The fourth-order valence-corrected chi connectivity index (χ4v) is 4.87. The summed E-state index contributed by atoms with van der Waals surface area (Å²) in [6, 6.07) is 24.4. The van der Waals surface area contributed by atoms with Crippen molar-refractivity contribution in [2.45, 2.75) is 32.7 Å². The molecular formula is C23H16F7O2S+. The summed E-state index contributed by atoms with van der Waals surface area (Å²) in [5.74, 6) is -13.4. The highest BCUT2D eigenvalue weighted by Gasteiger charge is 2.73. The van der Waals surface area contributed by atoms with Crippen LogP contribution >= 0.6 is 0 Å². The summed E-state index contributed by atoms with van der Waals surface area (Å²) in [6.07, 6.45) is -6.49. The third kappa shape index (κ3) is 5.32. The van der Waals surface area contributed by atoms with Gasteiger partial charge in [0.05, 0.1) is 16.5 Å². The summed E-state index contributed by atoms with van der Waals surface area (Å²) >= 11 is 0. The second kappa shape index (κ2) is 9.46. The highest BCUT2D eigenvalue weighted by molar-refractivity contribution is 7.97. The zero-order chi connectivity index (χ0) is 24.3. The van der Waals surface area contributed by atoms with Gasteiger partial charge in [0.1, 0.15) is 0 Å². The van der Waals surface area contributed by atoms with Crippen LogP contribution < -0.4 is 0 Å². The minimum atomic E-state index is -6.49. The fourth-order valence-electron chi connectivity index (χ4n) is 2.79. The maximum atomic E-state index is 13.4. The van der Waals surface area contributed by atoms with Crippen LogP contribution in [0, 0.1) is 0 Å². The largest absolute Gasteiger partial charge is 0.460 e. The molecule has 0 saturated heterocycles. The third-order valence-corrected chi connectivity index (χ3v) is 6.71. The van der Waals surface area contributed by atoms with Crippen LogP contribution in [0.1, 0.15) is 10.4 Å². The maximum Gasteiger partial charge on any atom is 0.460 e. The molecule has 0 heterocycles. The average Bonchev–Trinajstić information content (AvgIpc) is 2.79. The molecule has 0 bridgehead atoms. The number of carbonyl (C=O) groups is 1. The zero-order valence-electron chi connectivity index (χ0n) is 16.7. The second-order valence-corrected chi connectivity index (χ2v) is 8.84. The molecule has 0 aromatic heterocycles. The standard InChI is InChI=1S/C23H16F7O2S/c24-21(25,22(26,27)23(28,29)30)15-32-20(31)16-11-13-19(14-12-16)33(17-7-3-1-4-8-17)18-9-5-2-6-10-18/h1-14H,15H2/q+1. The molecule has 0 aliphatic rings. The Bertz CT molecular complexity index is 1030. The fraction of sp³-hybridized carbons (Fsp3) is 0.174. The van der Waals surface area contributed by atoms with Gasteiger partial charge in [-0.1, -0.05) is 36.4 Å². The molecule has 0 unspecified atom stereocenters. The SMILES string of the molecule is O=C(OCC(F)(F)C(F)(F)C(F)(F)F)c1ccc([S+](c2ccccc2)c2ccccc2)cc1. The van der Waals surface area contributed by atoms with E-state index in [1.54, 1.807) is 12.1 Å². The van der Waals surface area contributed by atoms with Crippen molar-refractivity contribution in [3.8, 4) is 0 Å². The lowest BCUT2D eigenvalue weighted by Crippen LogP contribution is -2.54. The summed E-state index contributed by atoms with van der Waals surface area (Å²) in [5.41, 5.74) is -0.269. The van der Waals surface area contributed by atoms with E-state index in [2.05, 4.69) is 4.74 Å². The summed E-state index contributed by atoms with van der Waals surface area (Å²) in [7, 11) is -0.572. The van der Waals surface area contributed by atoms with Crippen molar-refractivity contribution in [1.29, 1.82) is 0 Å². The predicted octanol–water partition coefficient (Wildman–Crippen LogP) is 6.77. The van der Waals surface area contributed by atoms with Gasteiger partial charge in [0.25, 0.3) is 0 Å². The van der Waals surface area contributed by atoms with Gasteiger partial charge in [0, 0.05) is 0 Å². The first-order valence-corrected chi connectivity index (χ1v) is 10.6. The van der Waals surface area contributed by atoms with Crippen LogP contribution in [0.2, 0.25) is 0 Å². The molecule has 3 aromatic rings. The molecule has 0 fully saturated rings. The first kappa shape index (κ1) is 24.6. The van der Waals surface area contributed by atoms with Crippen molar-refractivity contribution in [1.82, 2.24) is 0 Å². The molecule has 174 valence electrons. The van der Waals surface area contributed by atoms with Crippen LogP contribution in [0.5, 0.6) is 0 Å². The number of carbonyl (C=O) groups excluding carboxylic acids is 1. The smallest absolute Gasteiger partial charge is 0.455 e. The molecule has 10 heteroatoms. The lowest BCUT2D eigenvalue weighted by molar-refractivity contribution is -0.359. The number of alkyl halides is 7. The molecule has 0 atom stereocenters. The maximum absolute atomic E-state index is 13.4. The minimum absolute atomic E-state index is 0.269. The summed E-state index contributed by atoms with van der Waals surface area (Å²) in [6.45, 7) is -2.42. The molecule has 33 heavy (non-hydrogen) atoms. The van der Waals surface area contributed by atoms with Crippen molar-refractivity contribution in [3.05, 3.63) is 90.5 Å². The van der Waals surface area contributed by atoms with E-state index < -0.39 is 41.5 Å². The van der Waals surface area contributed by atoms with Crippen LogP contribution in [0.3, 0.4) is 0 Å². The molecule has 0 spiro atoms. The normalized spacial score (nSPS) is 12.6. The second-order valence-electron chi connectivity index (χ2n) is 6.81. The Morgan fingerprint density at radius 3 is 1.52 bits per heavy atom. The van der Waals surface area contributed by atoms with E-state index in [-0.39, 0.29) is 5.56 Å². The lowest BCUT2D eigenvalue weighted by Gasteiger charge is -2.27. The number of rotatable bonds is 7. The molecule has 3 rings (SSSR count). The average molecular weight is 489 g/mol. The quantitative estimate of drug-likeness (QED) is 0.208. The van der Waals surface area contributed by atoms with Crippen LogP contribution in [-0.2, 0) is 15.6 Å². The Labute approximate surface area is 187 Å². The number of benzene rings is 3. The minimum Gasteiger partial charge on any atom is -0.455 e. The van der Waals surface area contributed by atoms with E-state index in [0.717, 1.165) is 14.7 Å². The van der Waals surface area contributed by atoms with Gasteiger partial charge in [-0.2, -0.15) is 30.7 Å². The van der Waals surface area contributed by atoms with Crippen molar-refractivity contribution in [3.63, 3.8) is 0 Å². The Hall–Kier alpha value is -3.01. The Kier molecular flexibility index (Phi) is 7.06. The highest BCUT2D eigenvalue weighted by atomic mass is 32.2. The molecule has 0 radical (unpaired) electrons. The molecule has 3 aromatic carbocycles. The number of esters is 1. The molecule has 0 N–H and O–H groups in total. The van der Waals surface area contributed by atoms with Crippen LogP contribution in [0.4, 0.5) is 30.7 Å². The topological polar surface area (TPSA) is 26.3 Å².